The molecule has 2 rings (SSSR count). The molecule has 0 radical (unpaired) electrons. The number of rotatable bonds is 10. The summed E-state index contributed by atoms with van der Waals surface area (Å²) in [5.41, 5.74) is -1.79. The standard InChI is InChI=1S/C33H53NO10/c1-10-25(37)22(4)30-26(41-30)19-32(6,40)16-11-12-20(2)29-21(3)13-14-27(42-31(39)34(8)9)33(7,44-23(5)35)17-15-24(36)18-28(38)43-29/h11-14,16,21-22,24-27,29-30,36-37,40H,10,15,17-19H2,1-9H3/b14-13+,16-11+,20-12+/t21-,22+,24+,25-,26+,27-,29+,30+,32-,33+/m0/s1. The Bertz CT molecular complexity index is 1080. The average Bonchev–Trinajstić information content (AvgIpc) is 3.68. The van der Waals surface area contributed by atoms with E-state index in [1.54, 1.807) is 65.2 Å². The molecule has 2 heterocycles. The summed E-state index contributed by atoms with van der Waals surface area (Å²) in [5, 5.41) is 31.7. The van der Waals surface area contributed by atoms with Crippen LogP contribution in [0, 0.1) is 11.8 Å². The number of epoxide rings is 1. The van der Waals surface area contributed by atoms with Crippen molar-refractivity contribution in [3.05, 3.63) is 36.0 Å². The van der Waals surface area contributed by atoms with E-state index in [-0.39, 0.29) is 37.4 Å². The summed E-state index contributed by atoms with van der Waals surface area (Å²) in [4.78, 5) is 38.7. The highest BCUT2D eigenvalue weighted by Crippen LogP contribution is 2.37. The normalized spacial score (nSPS) is 33.5. The molecule has 0 bridgehead atoms. The molecule has 0 spiro atoms. The van der Waals surface area contributed by atoms with E-state index in [9.17, 15) is 29.7 Å². The molecule has 3 N–H and O–H groups in total. The molecule has 11 heteroatoms. The molecule has 1 fully saturated rings. The van der Waals surface area contributed by atoms with Crippen LogP contribution in [0.4, 0.5) is 4.79 Å². The number of carbonyl (C=O) groups is 3. The van der Waals surface area contributed by atoms with Gasteiger partial charge in [-0.05, 0) is 51.7 Å². The lowest BCUT2D eigenvalue weighted by atomic mass is 9.88. The maximum absolute atomic E-state index is 12.8. The quantitative estimate of drug-likeness (QED) is 0.107. The highest BCUT2D eigenvalue weighted by molar-refractivity contribution is 5.70. The first-order chi connectivity index (χ1) is 20.4. The Morgan fingerprint density at radius 1 is 1.27 bits per heavy atom. The van der Waals surface area contributed by atoms with Gasteiger partial charge in [-0.15, -0.1) is 0 Å². The van der Waals surface area contributed by atoms with E-state index in [0.717, 1.165) is 0 Å². The van der Waals surface area contributed by atoms with Gasteiger partial charge in [-0.2, -0.15) is 0 Å². The van der Waals surface area contributed by atoms with Crippen LogP contribution in [0.15, 0.2) is 36.0 Å². The molecular weight excluding hydrogens is 570 g/mol. The van der Waals surface area contributed by atoms with Crippen LogP contribution in [-0.2, 0) is 28.5 Å². The molecule has 2 aliphatic rings. The first kappa shape index (κ1) is 37.5. The Kier molecular flexibility index (Phi) is 13.6. The summed E-state index contributed by atoms with van der Waals surface area (Å²) in [7, 11) is 3.08. The van der Waals surface area contributed by atoms with Crippen LogP contribution in [0.1, 0.15) is 80.6 Å². The molecule has 44 heavy (non-hydrogen) atoms. The number of aliphatic hydroxyl groups excluding tert-OH is 2. The predicted molar refractivity (Wildman–Crippen MR) is 164 cm³/mol. The van der Waals surface area contributed by atoms with Gasteiger partial charge in [-0.25, -0.2) is 4.79 Å². The Labute approximate surface area is 261 Å². The topological polar surface area (TPSA) is 155 Å². The van der Waals surface area contributed by atoms with Crippen LogP contribution >= 0.6 is 0 Å². The minimum absolute atomic E-state index is 0.0198. The van der Waals surface area contributed by atoms with Crippen molar-refractivity contribution in [2.75, 3.05) is 14.1 Å². The van der Waals surface area contributed by atoms with E-state index in [1.807, 2.05) is 20.8 Å². The van der Waals surface area contributed by atoms with Crippen molar-refractivity contribution in [3.63, 3.8) is 0 Å². The number of nitrogens with zero attached hydrogens (tertiary/aromatic N) is 1. The largest absolute Gasteiger partial charge is 0.457 e. The van der Waals surface area contributed by atoms with Gasteiger partial charge in [-0.1, -0.05) is 45.1 Å². The number of aliphatic hydroxyl groups is 3. The molecule has 250 valence electrons. The molecular formula is C33H53NO10. The van der Waals surface area contributed by atoms with Crippen LogP contribution in [0.3, 0.4) is 0 Å². The Hall–Kier alpha value is -2.73. The lowest BCUT2D eigenvalue weighted by molar-refractivity contribution is -0.167. The molecule has 0 aliphatic carbocycles. The summed E-state index contributed by atoms with van der Waals surface area (Å²) in [6.45, 7) is 12.1. The molecule has 1 saturated heterocycles. The summed E-state index contributed by atoms with van der Waals surface area (Å²) in [5.74, 6) is -1.59. The Balaban J connectivity index is 2.30. The zero-order valence-corrected chi connectivity index (χ0v) is 27.7. The number of allylic oxidation sites excluding steroid dienone is 2. The number of hydrogen-bond acceptors (Lipinski definition) is 10. The molecule has 10 atom stereocenters. The van der Waals surface area contributed by atoms with Crippen LogP contribution in [0.2, 0.25) is 0 Å². The molecule has 11 nitrogen and oxygen atoms in total. The van der Waals surface area contributed by atoms with E-state index in [1.165, 1.54) is 11.8 Å². The van der Waals surface area contributed by atoms with Gasteiger partial charge in [0.2, 0.25) is 0 Å². The van der Waals surface area contributed by atoms with Crippen LogP contribution in [0.25, 0.3) is 0 Å². The van der Waals surface area contributed by atoms with Gasteiger partial charge in [0, 0.05) is 39.3 Å². The SMILES string of the molecule is CC[C@H](O)[C@@H](C)[C@H]1O[C@@H]1C[C@@](C)(O)/C=C/C=C(\C)[C@H]1OC(=O)C[C@H](O)CC[C@@](C)(OC(C)=O)[C@@H](OC(=O)N(C)C)/C=C/[C@@H]1C. The molecule has 0 aromatic carbocycles. The first-order valence-electron chi connectivity index (χ1n) is 15.4. The third kappa shape index (κ3) is 11.3. The number of hydrogen-bond donors (Lipinski definition) is 3. The van der Waals surface area contributed by atoms with Gasteiger partial charge < -0.3 is 39.2 Å². The number of amides is 1. The number of esters is 2. The Morgan fingerprint density at radius 3 is 2.52 bits per heavy atom. The number of cyclic esters (lactones) is 1. The van der Waals surface area contributed by atoms with Crippen molar-refractivity contribution >= 4 is 18.0 Å². The molecule has 2 aliphatic heterocycles. The number of ether oxygens (including phenoxy) is 4. The molecule has 0 aromatic heterocycles. The molecule has 0 aromatic rings. The van der Waals surface area contributed by atoms with E-state index in [2.05, 4.69) is 0 Å². The van der Waals surface area contributed by atoms with Crippen molar-refractivity contribution in [3.8, 4) is 0 Å². The van der Waals surface area contributed by atoms with Gasteiger partial charge in [0.1, 0.15) is 11.7 Å². The zero-order chi connectivity index (χ0) is 33.4. The maximum Gasteiger partial charge on any atom is 0.409 e. The highest BCUT2D eigenvalue weighted by Gasteiger charge is 2.47. The molecule has 0 unspecified atom stereocenters. The van der Waals surface area contributed by atoms with E-state index in [0.29, 0.717) is 18.4 Å². The smallest absolute Gasteiger partial charge is 0.409 e. The highest BCUT2D eigenvalue weighted by atomic mass is 16.6. The van der Waals surface area contributed by atoms with E-state index in [4.69, 9.17) is 18.9 Å². The summed E-state index contributed by atoms with van der Waals surface area (Å²) in [6.07, 6.45) is 5.32. The fourth-order valence-corrected chi connectivity index (χ4v) is 5.44. The lowest BCUT2D eigenvalue weighted by Crippen LogP contribution is -2.47. The van der Waals surface area contributed by atoms with Crippen molar-refractivity contribution < 1.29 is 48.7 Å². The van der Waals surface area contributed by atoms with Gasteiger partial charge in [0.25, 0.3) is 0 Å². The average molecular weight is 624 g/mol. The molecule has 1 amide bonds. The van der Waals surface area contributed by atoms with Crippen LogP contribution in [-0.4, -0.2) is 100 Å². The third-order valence-corrected chi connectivity index (χ3v) is 8.32. The van der Waals surface area contributed by atoms with Crippen molar-refractivity contribution in [1.82, 2.24) is 4.90 Å². The van der Waals surface area contributed by atoms with E-state index >= 15 is 0 Å². The predicted octanol–water partition coefficient (Wildman–Crippen LogP) is 3.84. The van der Waals surface area contributed by atoms with Crippen molar-refractivity contribution in [2.45, 2.75) is 128 Å². The van der Waals surface area contributed by atoms with Gasteiger partial charge >= 0.3 is 18.0 Å². The summed E-state index contributed by atoms with van der Waals surface area (Å²) in [6, 6.07) is 0. The monoisotopic (exact) mass is 623 g/mol. The fraction of sp³-hybridized carbons (Fsp3) is 0.727. The maximum atomic E-state index is 12.8. The second-order valence-electron chi connectivity index (χ2n) is 13.0. The van der Waals surface area contributed by atoms with Crippen molar-refractivity contribution in [2.24, 2.45) is 11.8 Å². The number of carbonyl (C=O) groups excluding carboxylic acids is 3. The summed E-state index contributed by atoms with van der Waals surface area (Å²) >= 11 is 0. The summed E-state index contributed by atoms with van der Waals surface area (Å²) < 4.78 is 22.9. The molecule has 0 saturated carbocycles. The second-order valence-corrected chi connectivity index (χ2v) is 13.0. The van der Waals surface area contributed by atoms with Crippen LogP contribution in [0.5, 0.6) is 0 Å². The minimum atomic E-state index is -1.30. The lowest BCUT2D eigenvalue weighted by Gasteiger charge is -2.36. The fourth-order valence-electron chi connectivity index (χ4n) is 5.44. The van der Waals surface area contributed by atoms with Gasteiger partial charge in [0.05, 0.1) is 36.4 Å². The van der Waals surface area contributed by atoms with Crippen molar-refractivity contribution in [1.29, 1.82) is 0 Å². The van der Waals surface area contributed by atoms with E-state index < -0.39 is 59.6 Å². The Morgan fingerprint density at radius 2 is 1.93 bits per heavy atom. The van der Waals surface area contributed by atoms with Gasteiger partial charge in [-0.3, -0.25) is 9.59 Å². The van der Waals surface area contributed by atoms with Crippen LogP contribution < -0.4 is 0 Å². The minimum Gasteiger partial charge on any atom is -0.457 e. The second kappa shape index (κ2) is 16.0. The first-order valence-corrected chi connectivity index (χ1v) is 15.4. The third-order valence-electron chi connectivity index (χ3n) is 8.32. The van der Waals surface area contributed by atoms with Gasteiger partial charge in [0.15, 0.2) is 6.10 Å². The zero-order valence-electron chi connectivity index (χ0n) is 27.7.